The molecule has 474 valence electrons. The van der Waals surface area contributed by atoms with Gasteiger partial charge in [-0.25, -0.2) is 0 Å². The van der Waals surface area contributed by atoms with Gasteiger partial charge in [0.25, 0.3) is 0 Å². The van der Waals surface area contributed by atoms with Crippen molar-refractivity contribution in [1.82, 2.24) is 58.5 Å². The average Bonchev–Trinajstić information content (AvgIpc) is 4.43. The predicted octanol–water partition coefficient (Wildman–Crippen LogP) is 13.1. The van der Waals surface area contributed by atoms with Gasteiger partial charge in [-0.3, -0.25) is 0 Å². The molecule has 10 aliphatic heterocycles. The predicted molar refractivity (Wildman–Crippen MR) is 363 cm³/mol. The van der Waals surface area contributed by atoms with Crippen LogP contribution < -0.4 is 58.5 Å². The van der Waals surface area contributed by atoms with Crippen molar-refractivity contribution in [3.63, 3.8) is 0 Å². The van der Waals surface area contributed by atoms with E-state index in [2.05, 4.69) is 76.3 Å². The van der Waals surface area contributed by atoms with Crippen LogP contribution >= 0.6 is 23.5 Å². The van der Waals surface area contributed by atoms with Gasteiger partial charge in [0.15, 0.2) is 0 Å². The maximum absolute atomic E-state index is 5.01. The molecule has 11 N–H and O–H groups in total. The summed E-state index contributed by atoms with van der Waals surface area (Å²) in [4.78, 5) is 0. The minimum atomic E-state index is 0. The molecule has 0 bridgehead atoms. The van der Waals surface area contributed by atoms with Gasteiger partial charge in [0.1, 0.15) is 0 Å². The van der Waals surface area contributed by atoms with Gasteiger partial charge in [0.2, 0.25) is 0 Å². The van der Waals surface area contributed by atoms with Crippen LogP contribution in [0.25, 0.3) is 0 Å². The molecule has 0 saturated carbocycles. The first-order valence-corrected chi connectivity index (χ1v) is 34.3. The van der Waals surface area contributed by atoms with Gasteiger partial charge in [0, 0.05) is 116 Å². The minimum absolute atomic E-state index is 0. The van der Waals surface area contributed by atoms with Crippen molar-refractivity contribution >= 4 is 23.5 Å². The topological polar surface area (TPSA) is 151 Å². The van der Waals surface area contributed by atoms with Crippen molar-refractivity contribution in [3.8, 4) is 0 Å². The highest BCUT2D eigenvalue weighted by Crippen LogP contribution is 2.14. The smallest absolute Gasteiger partial charge is 0.0840 e. The van der Waals surface area contributed by atoms with E-state index in [1.807, 2.05) is 169 Å². The van der Waals surface area contributed by atoms with E-state index in [4.69, 9.17) is 9.47 Å². The van der Waals surface area contributed by atoms with Crippen molar-refractivity contribution in [2.24, 2.45) is 0 Å². The molecule has 0 aromatic carbocycles. The quantitative estimate of drug-likeness (QED) is 0.112. The molecule has 0 amide bonds. The number of hydrogen-bond acceptors (Lipinski definition) is 15. The van der Waals surface area contributed by atoms with Crippen molar-refractivity contribution in [3.05, 3.63) is 24.7 Å². The van der Waals surface area contributed by atoms with Crippen LogP contribution in [0.5, 0.6) is 0 Å². The van der Waals surface area contributed by atoms with Crippen molar-refractivity contribution in [2.75, 3.05) is 161 Å². The van der Waals surface area contributed by atoms with E-state index in [-0.39, 0.29) is 7.43 Å². The van der Waals surface area contributed by atoms with Crippen LogP contribution in [0.2, 0.25) is 0 Å². The summed E-state index contributed by atoms with van der Waals surface area (Å²) < 4.78 is 9.95. The van der Waals surface area contributed by atoms with Crippen LogP contribution in [-0.4, -0.2) is 161 Å². The zero-order valence-corrected chi connectivity index (χ0v) is 56.5. The molecule has 76 heavy (non-hydrogen) atoms. The maximum atomic E-state index is 5.01. The van der Waals surface area contributed by atoms with Gasteiger partial charge in [-0.1, -0.05) is 158 Å². The Morgan fingerprint density at radius 2 is 0.605 bits per heavy atom. The molecule has 10 aliphatic rings. The fourth-order valence-corrected chi connectivity index (χ4v) is 7.19. The Morgan fingerprint density at radius 1 is 0.263 bits per heavy atom. The number of nitrogens with one attached hydrogen (secondary N) is 11. The summed E-state index contributed by atoms with van der Waals surface area (Å²) in [5.74, 6) is 5.44. The summed E-state index contributed by atoms with van der Waals surface area (Å²) >= 11 is 4.11. The highest BCUT2D eigenvalue weighted by molar-refractivity contribution is 7.99. The number of piperazine rings is 1. The summed E-state index contributed by atoms with van der Waals surface area (Å²) in [5.41, 5.74) is 0. The van der Waals surface area contributed by atoms with E-state index in [0.717, 1.165) is 98.7 Å². The van der Waals surface area contributed by atoms with Crippen LogP contribution in [0.1, 0.15) is 217 Å². The third kappa shape index (κ3) is 130. The van der Waals surface area contributed by atoms with Gasteiger partial charge in [-0.05, 0) is 108 Å². The van der Waals surface area contributed by atoms with Gasteiger partial charge in [-0.2, -0.15) is 23.5 Å². The Balaban J connectivity index is -0.0000000661. The van der Waals surface area contributed by atoms with Crippen LogP contribution in [0.15, 0.2) is 24.7 Å². The summed E-state index contributed by atoms with van der Waals surface area (Å²) in [5, 5.41) is 34.6. The number of rotatable bonds is 0. The molecule has 0 spiro atoms. The number of hydrogen-bond donors (Lipinski definition) is 11. The van der Waals surface area contributed by atoms with E-state index >= 15 is 0 Å². The highest BCUT2D eigenvalue weighted by Gasteiger charge is 1.97. The highest BCUT2D eigenvalue weighted by atomic mass is 32.2. The van der Waals surface area contributed by atoms with Gasteiger partial charge in [-0.15, -0.1) is 0 Å². The van der Waals surface area contributed by atoms with Crippen LogP contribution in [0, 0.1) is 0 Å². The lowest BCUT2D eigenvalue weighted by molar-refractivity contribution is 0.109. The first-order valence-electron chi connectivity index (χ1n) is 32.0. The third-order valence-corrected chi connectivity index (χ3v) is 10.8. The Hall–Kier alpha value is -0.820. The minimum Gasteiger partial charge on any atom is -0.391 e. The second-order valence-electron chi connectivity index (χ2n) is 13.7. The second-order valence-corrected chi connectivity index (χ2v) is 16.2. The van der Waals surface area contributed by atoms with Gasteiger partial charge < -0.3 is 68.0 Å². The van der Waals surface area contributed by atoms with Gasteiger partial charge in [0.05, 0.1) is 19.9 Å². The molecule has 0 radical (unpaired) electrons. The molecule has 13 nitrogen and oxygen atoms in total. The molecule has 8 saturated heterocycles. The van der Waals surface area contributed by atoms with E-state index in [1.54, 1.807) is 0 Å². The van der Waals surface area contributed by atoms with Crippen molar-refractivity contribution < 1.29 is 9.47 Å². The van der Waals surface area contributed by atoms with E-state index in [0.29, 0.717) is 0 Å². The van der Waals surface area contributed by atoms with Crippen molar-refractivity contribution in [2.45, 2.75) is 217 Å². The van der Waals surface area contributed by atoms with Gasteiger partial charge >= 0.3 is 0 Å². The number of piperidine rings is 1. The molecular formula is C61H151N11O2S2. The summed E-state index contributed by atoms with van der Waals surface area (Å²) in [6.07, 6.45) is 23.0. The fraction of sp³-hybridized carbons (Fsp3) is 0.934. The van der Waals surface area contributed by atoms with Crippen molar-refractivity contribution in [1.29, 1.82) is 0 Å². The molecule has 0 aromatic rings. The lowest BCUT2D eigenvalue weighted by Crippen LogP contribution is -2.39. The molecular weight excluding hydrogens is 983 g/mol. The van der Waals surface area contributed by atoms with Crippen LogP contribution in [0.4, 0.5) is 0 Å². The lowest BCUT2D eigenvalue weighted by Gasteiger charge is -2.11. The molecule has 10 heterocycles. The van der Waals surface area contributed by atoms with Crippen LogP contribution in [-0.2, 0) is 9.47 Å². The number of morpholine rings is 1. The monoisotopic (exact) mass is 1130 g/mol. The first kappa shape index (κ1) is 100. The first-order chi connectivity index (χ1) is 37.5. The Kier molecular flexibility index (Phi) is 179. The normalized spacial score (nSPS) is 17.4. The molecule has 0 unspecified atom stereocenters. The fourth-order valence-electron chi connectivity index (χ4n) is 5.39. The lowest BCUT2D eigenvalue weighted by atomic mass is 10.2. The largest absolute Gasteiger partial charge is 0.391 e. The Morgan fingerprint density at radius 3 is 0.737 bits per heavy atom. The average molecular weight is 1140 g/mol. The van der Waals surface area contributed by atoms with E-state index in [9.17, 15) is 0 Å². The standard InChI is InChI=1S/C5H11N.C5H9N.C4H10N2.C4H9NO.C4H9NS.C4H9N.C4H8O.C4H8S.C3H8N2.C3H6N2.10C2H6.CH4/c2*1-2-4-6-5-3-1;1-2-6-4-3-5-1;2*1-3-6-4-2-5-1;3*1-2-4-5-3-1;2*1-2-5-3-4-1;10*1-2;/h6H,1-5H2;2,4,6H,1,3,5H2;5-6H,1-4H2;2*5H,1-4H2;5H,1-4H2;2*1-4H2;4-5H,1-3H2;1-2,4-5H,3H2;10*1-2H3;1H4. The number of allylic oxidation sites excluding steroid dienone is 1. The van der Waals surface area contributed by atoms with Crippen LogP contribution in [0.3, 0.4) is 0 Å². The summed E-state index contributed by atoms with van der Waals surface area (Å²) in [6, 6.07) is 0. The maximum Gasteiger partial charge on any atom is 0.0840 e. The third-order valence-electron chi connectivity index (χ3n) is 8.65. The Labute approximate surface area is 491 Å². The summed E-state index contributed by atoms with van der Waals surface area (Å²) in [7, 11) is 0. The number of ether oxygens (including phenoxy) is 2. The molecule has 0 aromatic heterocycles. The zero-order chi connectivity index (χ0) is 58.9. The molecule has 10 rings (SSSR count). The second kappa shape index (κ2) is 135. The molecule has 0 atom stereocenters. The Bertz CT molecular complexity index is 576. The summed E-state index contributed by atoms with van der Waals surface area (Å²) in [6.45, 7) is 63.1. The SMILES string of the molecule is C.C1=CNCCC1.C1=CNCN1.C1CCNC1.C1CCNCC1.C1CCOC1.C1CCSC1.C1CNCCN1.C1CNCN1.C1COCCN1.C1CSCCN1.CC.CC.CC.CC.CC.CC.CC.CC.CC.CC. The van der Waals surface area contributed by atoms with E-state index in [1.165, 1.54) is 133 Å². The van der Waals surface area contributed by atoms with E-state index < -0.39 is 0 Å². The molecule has 8 fully saturated rings. The number of thioether (sulfide) groups is 2. The molecule has 0 aliphatic carbocycles. The molecule has 15 heteroatoms. The zero-order valence-electron chi connectivity index (χ0n) is 54.9.